The van der Waals surface area contributed by atoms with Gasteiger partial charge in [-0.2, -0.15) is 0 Å². The van der Waals surface area contributed by atoms with Gasteiger partial charge in [-0.05, 0) is 77.0 Å². The van der Waals surface area contributed by atoms with Crippen molar-refractivity contribution in [1.29, 1.82) is 0 Å². The average molecular weight is 1650 g/mol. The summed E-state index contributed by atoms with van der Waals surface area (Å²) in [7, 11) is 0. The maximum absolute atomic E-state index is 13.5. The first-order chi connectivity index (χ1) is 56.8. The molecular formula is C97H179NO18. The van der Waals surface area contributed by atoms with Crippen LogP contribution in [0.5, 0.6) is 0 Å². The van der Waals surface area contributed by atoms with Crippen LogP contribution in [0.15, 0.2) is 60.8 Å². The number of rotatable bonds is 80. The first-order valence-electron chi connectivity index (χ1n) is 48.5. The summed E-state index contributed by atoms with van der Waals surface area (Å²) in [4.78, 5) is 13.5. The van der Waals surface area contributed by atoms with Gasteiger partial charge in [0.2, 0.25) is 5.91 Å². The van der Waals surface area contributed by atoms with Crippen LogP contribution in [-0.2, 0) is 33.2 Å². The third-order valence-electron chi connectivity index (χ3n) is 24.0. The van der Waals surface area contributed by atoms with E-state index >= 15 is 0 Å². The third-order valence-corrected chi connectivity index (χ3v) is 24.0. The molecule has 3 aliphatic rings. The molecule has 3 fully saturated rings. The molecule has 3 heterocycles. The highest BCUT2D eigenvalue weighted by Crippen LogP contribution is 2.34. The average Bonchev–Trinajstić information content (AvgIpc) is 0.779. The van der Waals surface area contributed by atoms with Crippen LogP contribution < -0.4 is 5.32 Å². The molecule has 12 N–H and O–H groups in total. The van der Waals surface area contributed by atoms with Crippen LogP contribution in [0.25, 0.3) is 0 Å². The number of amides is 1. The van der Waals surface area contributed by atoms with Crippen LogP contribution in [0, 0.1) is 0 Å². The highest BCUT2D eigenvalue weighted by molar-refractivity contribution is 5.76. The topological polar surface area (TPSA) is 307 Å². The van der Waals surface area contributed by atoms with Crippen molar-refractivity contribution in [2.75, 3.05) is 26.4 Å². The van der Waals surface area contributed by atoms with E-state index in [1.54, 1.807) is 6.08 Å². The maximum Gasteiger partial charge on any atom is 0.220 e. The highest BCUT2D eigenvalue weighted by atomic mass is 16.8. The minimum absolute atomic E-state index is 0.235. The zero-order chi connectivity index (χ0) is 83.8. The lowest BCUT2D eigenvalue weighted by Gasteiger charge is -2.48. The summed E-state index contributed by atoms with van der Waals surface area (Å²) in [6.07, 6.45) is 75.5. The molecule has 3 rings (SSSR count). The van der Waals surface area contributed by atoms with Crippen LogP contribution in [0.4, 0.5) is 0 Å². The van der Waals surface area contributed by atoms with Gasteiger partial charge in [0, 0.05) is 6.42 Å². The lowest BCUT2D eigenvalue weighted by atomic mass is 9.96. The molecule has 0 aromatic rings. The number of hydrogen-bond acceptors (Lipinski definition) is 18. The van der Waals surface area contributed by atoms with Crippen molar-refractivity contribution >= 4 is 5.91 Å². The minimum Gasteiger partial charge on any atom is -0.394 e. The number of allylic oxidation sites excluding steroid dienone is 9. The van der Waals surface area contributed by atoms with E-state index in [2.05, 4.69) is 67.8 Å². The fourth-order valence-electron chi connectivity index (χ4n) is 16.3. The van der Waals surface area contributed by atoms with Crippen molar-refractivity contribution in [2.45, 2.75) is 523 Å². The fourth-order valence-corrected chi connectivity index (χ4v) is 16.3. The first-order valence-corrected chi connectivity index (χ1v) is 48.5. The Bertz CT molecular complexity index is 2320. The third kappa shape index (κ3) is 53.5. The maximum atomic E-state index is 13.5. The van der Waals surface area contributed by atoms with Crippen molar-refractivity contribution in [3.63, 3.8) is 0 Å². The molecular weight excluding hydrogens is 1470 g/mol. The van der Waals surface area contributed by atoms with Gasteiger partial charge in [-0.25, -0.2) is 0 Å². The van der Waals surface area contributed by atoms with E-state index in [0.717, 1.165) is 51.4 Å². The summed E-state index contributed by atoms with van der Waals surface area (Å²) in [5.41, 5.74) is 0. The standard InChI is InChI=1S/C97H179NO18/c1-3-5-7-9-11-13-15-17-19-21-23-25-27-29-31-33-35-37-38-39-40-41-42-43-45-47-49-51-53-55-57-59-61-63-65-67-69-71-73-75-85(103)98-80(81(102)74-72-70-68-66-64-62-60-58-56-54-52-50-48-46-44-36-34-32-30-28-26-24-22-20-18-16-14-12-10-8-6-4-2)79-111-95-91(109)88(106)93(83(77-100)113-95)116-97-92(110)89(107)94(84(78-101)114-97)115-96-90(108)87(105)86(104)82(76-99)112-96/h15,17,21,23,56,58,64,66,72,74,80-84,86-97,99-102,104-110H,3-14,16,18-20,22,24-55,57,59-63,65,67-71,73,75-79H2,1-2H3,(H,98,103)/b17-15-,23-21-,58-56+,66-64+,74-72+. The van der Waals surface area contributed by atoms with Gasteiger partial charge in [0.1, 0.15) is 73.2 Å². The zero-order valence-electron chi connectivity index (χ0n) is 73.7. The molecule has 0 spiro atoms. The van der Waals surface area contributed by atoms with E-state index in [9.17, 15) is 61.0 Å². The van der Waals surface area contributed by atoms with E-state index in [-0.39, 0.29) is 18.9 Å². The molecule has 3 aliphatic heterocycles. The number of aliphatic hydroxyl groups is 11. The van der Waals surface area contributed by atoms with Crippen molar-refractivity contribution in [3.05, 3.63) is 60.8 Å². The Morgan fingerprint density at radius 2 is 0.578 bits per heavy atom. The van der Waals surface area contributed by atoms with E-state index in [4.69, 9.17) is 28.4 Å². The summed E-state index contributed by atoms with van der Waals surface area (Å²) in [5, 5.41) is 121. The van der Waals surface area contributed by atoms with Gasteiger partial charge in [0.25, 0.3) is 0 Å². The Morgan fingerprint density at radius 1 is 0.310 bits per heavy atom. The number of hydrogen-bond donors (Lipinski definition) is 12. The van der Waals surface area contributed by atoms with Gasteiger partial charge in [-0.1, -0.05) is 396 Å². The van der Waals surface area contributed by atoms with Crippen molar-refractivity contribution in [2.24, 2.45) is 0 Å². The second kappa shape index (κ2) is 76.2. The Labute approximate surface area is 706 Å². The second-order valence-corrected chi connectivity index (χ2v) is 34.5. The minimum atomic E-state index is -1.98. The molecule has 1 amide bonds. The molecule has 17 atom stereocenters. The summed E-state index contributed by atoms with van der Waals surface area (Å²) in [5.74, 6) is -0.282. The van der Waals surface area contributed by atoms with Gasteiger partial charge in [0.05, 0.1) is 38.6 Å². The number of nitrogens with one attached hydrogen (secondary N) is 1. The molecule has 0 aromatic carbocycles. The fraction of sp³-hybridized carbons (Fsp3) is 0.887. The van der Waals surface area contributed by atoms with Crippen LogP contribution in [-0.4, -0.2) is 193 Å². The normalized spacial score (nSPS) is 24.7. The molecule has 0 bridgehead atoms. The number of carbonyl (C=O) groups excluding carboxylic acids is 1. The largest absolute Gasteiger partial charge is 0.394 e. The van der Waals surface area contributed by atoms with Crippen LogP contribution in [0.1, 0.15) is 418 Å². The molecule has 3 saturated heterocycles. The smallest absolute Gasteiger partial charge is 0.220 e. The molecule has 0 radical (unpaired) electrons. The number of ether oxygens (including phenoxy) is 6. The summed E-state index contributed by atoms with van der Waals surface area (Å²) in [6.45, 7) is 1.77. The highest BCUT2D eigenvalue weighted by Gasteiger charge is 2.54. The van der Waals surface area contributed by atoms with Crippen LogP contribution in [0.3, 0.4) is 0 Å². The lowest BCUT2D eigenvalue weighted by molar-refractivity contribution is -0.379. The predicted octanol–water partition coefficient (Wildman–Crippen LogP) is 19.7. The van der Waals surface area contributed by atoms with Gasteiger partial charge >= 0.3 is 0 Å². The zero-order valence-corrected chi connectivity index (χ0v) is 73.7. The molecule has 19 heteroatoms. The summed E-state index contributed by atoms with van der Waals surface area (Å²) in [6, 6.07) is -0.999. The molecule has 0 saturated carbocycles. The molecule has 680 valence electrons. The van der Waals surface area contributed by atoms with Gasteiger partial charge in [0.15, 0.2) is 18.9 Å². The quantitative estimate of drug-likeness (QED) is 0.0199. The van der Waals surface area contributed by atoms with Crippen molar-refractivity contribution in [3.8, 4) is 0 Å². The van der Waals surface area contributed by atoms with E-state index in [0.29, 0.717) is 12.8 Å². The Morgan fingerprint density at radius 3 is 0.914 bits per heavy atom. The lowest BCUT2D eigenvalue weighted by Crippen LogP contribution is -2.66. The van der Waals surface area contributed by atoms with E-state index in [1.807, 2.05) is 6.08 Å². The van der Waals surface area contributed by atoms with Gasteiger partial charge in [-0.3, -0.25) is 4.79 Å². The molecule has 17 unspecified atom stereocenters. The summed E-state index contributed by atoms with van der Waals surface area (Å²) >= 11 is 0. The monoisotopic (exact) mass is 1650 g/mol. The molecule has 116 heavy (non-hydrogen) atoms. The number of carbonyl (C=O) groups is 1. The number of unbranched alkanes of at least 4 members (excludes halogenated alkanes) is 56. The van der Waals surface area contributed by atoms with Gasteiger partial charge < -0.3 is 89.9 Å². The van der Waals surface area contributed by atoms with Crippen LogP contribution >= 0.6 is 0 Å². The Kier molecular flexibility index (Phi) is 70.7. The van der Waals surface area contributed by atoms with E-state index in [1.165, 1.54) is 334 Å². The second-order valence-electron chi connectivity index (χ2n) is 34.5. The summed E-state index contributed by atoms with van der Waals surface area (Å²) < 4.78 is 34.5. The first kappa shape index (κ1) is 108. The van der Waals surface area contributed by atoms with Crippen LogP contribution in [0.2, 0.25) is 0 Å². The van der Waals surface area contributed by atoms with Gasteiger partial charge in [-0.15, -0.1) is 0 Å². The van der Waals surface area contributed by atoms with E-state index < -0.39 is 124 Å². The predicted molar refractivity (Wildman–Crippen MR) is 471 cm³/mol. The molecule has 19 nitrogen and oxygen atoms in total. The number of aliphatic hydroxyl groups excluding tert-OH is 11. The molecule has 0 aromatic heterocycles. The Balaban J connectivity index is 1.30. The SMILES string of the molecule is CCCCCCC/C=C\C/C=C\CCCCCCCCCCCCCCCCCCCCCCCCCCCCCC(=O)NC(COC1OC(CO)C(OC2OC(CO)C(OC3OC(CO)C(O)C(O)C3O)C(O)C2O)C(O)C1O)C(O)/C=C/CC/C=C/CC/C=C/CCCCCCCCCCCCCCCCCCCCCCCC. The Hall–Kier alpha value is -2.51. The molecule has 0 aliphatic carbocycles. The van der Waals surface area contributed by atoms with Crippen molar-refractivity contribution < 1.29 is 89.4 Å². The van der Waals surface area contributed by atoms with Crippen molar-refractivity contribution in [1.82, 2.24) is 5.32 Å².